The molecule has 186 valence electrons. The van der Waals surface area contributed by atoms with E-state index in [0.717, 1.165) is 0 Å². The van der Waals surface area contributed by atoms with Gasteiger partial charge < -0.3 is 49.6 Å². The van der Waals surface area contributed by atoms with E-state index in [1.807, 2.05) is 0 Å². The summed E-state index contributed by atoms with van der Waals surface area (Å²) in [5, 5.41) is 60.9. The van der Waals surface area contributed by atoms with E-state index in [4.69, 9.17) is 18.9 Å². The Kier molecular flexibility index (Phi) is 7.21. The Morgan fingerprint density at radius 1 is 0.750 bits per heavy atom. The predicted molar refractivity (Wildman–Crippen MR) is 109 cm³/mol. The summed E-state index contributed by atoms with van der Waals surface area (Å²) < 4.78 is 22.5. The van der Waals surface area contributed by atoms with Crippen LogP contribution >= 0.6 is 0 Å². The third-order valence-electron chi connectivity index (χ3n) is 8.39. The van der Waals surface area contributed by atoms with Crippen LogP contribution < -0.4 is 0 Å². The van der Waals surface area contributed by atoms with Gasteiger partial charge in [-0.05, 0) is 49.4 Å². The molecule has 6 N–H and O–H groups in total. The maximum atomic E-state index is 10.4. The van der Waals surface area contributed by atoms with E-state index in [9.17, 15) is 30.6 Å². The molecule has 0 amide bonds. The van der Waals surface area contributed by atoms with Crippen molar-refractivity contribution in [3.63, 3.8) is 0 Å². The van der Waals surface area contributed by atoms with Gasteiger partial charge in [0.1, 0.15) is 42.7 Å². The fourth-order valence-electron chi connectivity index (χ4n) is 6.05. The summed E-state index contributed by atoms with van der Waals surface area (Å²) in [5.41, 5.74) is 0.139. The Balaban J connectivity index is 1.34. The average Bonchev–Trinajstić information content (AvgIpc) is 3.33. The second-order valence-corrected chi connectivity index (χ2v) is 10.6. The molecule has 2 bridgehead atoms. The van der Waals surface area contributed by atoms with Crippen molar-refractivity contribution in [1.29, 1.82) is 0 Å². The van der Waals surface area contributed by atoms with Gasteiger partial charge >= 0.3 is 0 Å². The van der Waals surface area contributed by atoms with Crippen LogP contribution in [-0.4, -0.2) is 105 Å². The molecule has 10 nitrogen and oxygen atoms in total. The fourth-order valence-corrected chi connectivity index (χ4v) is 6.05. The van der Waals surface area contributed by atoms with Crippen molar-refractivity contribution in [2.75, 3.05) is 13.2 Å². The van der Waals surface area contributed by atoms with Crippen molar-refractivity contribution in [1.82, 2.24) is 0 Å². The molecule has 13 atom stereocenters. The molecule has 2 aliphatic carbocycles. The molecule has 0 aromatic carbocycles. The van der Waals surface area contributed by atoms with Gasteiger partial charge in [0.15, 0.2) is 12.6 Å². The van der Waals surface area contributed by atoms with Crippen molar-refractivity contribution >= 4 is 0 Å². The number of hydrogen-bond acceptors (Lipinski definition) is 10. The van der Waals surface area contributed by atoms with Gasteiger partial charge in [0.25, 0.3) is 0 Å². The van der Waals surface area contributed by atoms with Crippen molar-refractivity contribution in [2.24, 2.45) is 23.2 Å². The molecule has 2 heterocycles. The van der Waals surface area contributed by atoms with Crippen LogP contribution in [0.3, 0.4) is 0 Å². The van der Waals surface area contributed by atoms with E-state index in [0.29, 0.717) is 24.4 Å². The molecular weight excluding hydrogens is 424 g/mol. The summed E-state index contributed by atoms with van der Waals surface area (Å²) in [4.78, 5) is 0. The highest BCUT2D eigenvalue weighted by atomic mass is 16.7. The average molecular weight is 463 g/mol. The third-order valence-corrected chi connectivity index (χ3v) is 8.39. The Labute approximate surface area is 188 Å². The highest BCUT2D eigenvalue weighted by molar-refractivity contribution is 5.02. The number of fused-ring (bicyclic) bond motifs is 2. The molecule has 32 heavy (non-hydrogen) atoms. The molecule has 0 aromatic heterocycles. The molecule has 10 heteroatoms. The second kappa shape index (κ2) is 9.33. The minimum absolute atomic E-state index is 0.139. The number of aliphatic hydroxyl groups is 6. The molecule has 0 radical (unpaired) electrons. The molecule has 4 fully saturated rings. The Morgan fingerprint density at radius 3 is 1.97 bits per heavy atom. The molecule has 0 spiro atoms. The van der Waals surface area contributed by atoms with Gasteiger partial charge in [-0.1, -0.05) is 13.8 Å². The zero-order valence-electron chi connectivity index (χ0n) is 18.9. The summed E-state index contributed by atoms with van der Waals surface area (Å²) in [6, 6.07) is 0. The molecule has 4 rings (SSSR count). The summed E-state index contributed by atoms with van der Waals surface area (Å²) in [5.74, 6) is 1.58. The van der Waals surface area contributed by atoms with E-state index in [2.05, 4.69) is 13.8 Å². The van der Waals surface area contributed by atoms with E-state index < -0.39 is 61.4 Å². The number of hydrogen-bond donors (Lipinski definition) is 6. The summed E-state index contributed by atoms with van der Waals surface area (Å²) in [7, 11) is 0. The maximum Gasteiger partial charge on any atom is 0.186 e. The van der Waals surface area contributed by atoms with Gasteiger partial charge in [-0.15, -0.1) is 0 Å². The third kappa shape index (κ3) is 4.35. The first-order chi connectivity index (χ1) is 15.0. The van der Waals surface area contributed by atoms with Gasteiger partial charge in [-0.25, -0.2) is 0 Å². The largest absolute Gasteiger partial charge is 0.388 e. The SMILES string of the molecule is C[C@@H]1O[C@@H](OC[C@H]2O[C@@H](OC[C@@H]3[C@@H]4CC[C@@H](C4)C3(C)C)[C@H](O)[C@@H](O)[C@@H]2O)[C@H](O)[C@H](O)[C@H]1O. The van der Waals surface area contributed by atoms with Gasteiger partial charge in [-0.2, -0.15) is 0 Å². The van der Waals surface area contributed by atoms with Crippen molar-refractivity contribution in [2.45, 2.75) is 101 Å². The zero-order valence-corrected chi connectivity index (χ0v) is 18.9. The lowest BCUT2D eigenvalue weighted by atomic mass is 9.69. The quantitative estimate of drug-likeness (QED) is 0.281. The van der Waals surface area contributed by atoms with Crippen LogP contribution in [0.5, 0.6) is 0 Å². The molecule has 0 aromatic rings. The summed E-state index contributed by atoms with van der Waals surface area (Å²) in [6.07, 6.45) is -9.19. The van der Waals surface area contributed by atoms with Crippen LogP contribution in [0.1, 0.15) is 40.0 Å². The van der Waals surface area contributed by atoms with Gasteiger partial charge in [0.05, 0.1) is 19.3 Å². The van der Waals surface area contributed by atoms with Gasteiger partial charge in [0.2, 0.25) is 0 Å². The lowest BCUT2D eigenvalue weighted by Crippen LogP contribution is -2.61. The summed E-state index contributed by atoms with van der Waals surface area (Å²) >= 11 is 0. The van der Waals surface area contributed by atoms with E-state index >= 15 is 0 Å². The Morgan fingerprint density at radius 2 is 1.34 bits per heavy atom. The first-order valence-corrected chi connectivity index (χ1v) is 11.6. The van der Waals surface area contributed by atoms with Crippen LogP contribution in [0.25, 0.3) is 0 Å². The van der Waals surface area contributed by atoms with E-state index in [1.165, 1.54) is 26.2 Å². The fraction of sp³-hybridized carbons (Fsp3) is 1.00. The topological polar surface area (TPSA) is 158 Å². The first-order valence-electron chi connectivity index (χ1n) is 11.6. The highest BCUT2D eigenvalue weighted by Crippen LogP contribution is 2.59. The van der Waals surface area contributed by atoms with Crippen molar-refractivity contribution < 1.29 is 49.6 Å². The van der Waals surface area contributed by atoms with Crippen LogP contribution in [-0.2, 0) is 18.9 Å². The highest BCUT2D eigenvalue weighted by Gasteiger charge is 2.53. The van der Waals surface area contributed by atoms with E-state index in [1.54, 1.807) is 0 Å². The van der Waals surface area contributed by atoms with Crippen LogP contribution in [0, 0.1) is 23.2 Å². The molecule has 2 saturated heterocycles. The lowest BCUT2D eigenvalue weighted by Gasteiger charge is -2.43. The van der Waals surface area contributed by atoms with Crippen LogP contribution in [0.15, 0.2) is 0 Å². The number of rotatable bonds is 6. The first kappa shape index (κ1) is 24.7. The standard InChI is InChI=1S/C22H38O10/c1-9-14(23)16(25)18(27)20(31-9)30-8-13-15(24)17(26)19(28)21(32-13)29-7-12-10-4-5-11(6-10)22(12,2)3/h9-21,23-28H,4-8H2,1-3H3/t9-,10+,11-,12+,13+,14-,15+,16+,17-,18+,19+,20+,21+/m0/s1. The molecular formula is C22H38O10. The maximum absolute atomic E-state index is 10.4. The molecule has 4 aliphatic rings. The van der Waals surface area contributed by atoms with E-state index in [-0.39, 0.29) is 12.0 Å². The second-order valence-electron chi connectivity index (χ2n) is 10.6. The van der Waals surface area contributed by atoms with Crippen LogP contribution in [0.4, 0.5) is 0 Å². The van der Waals surface area contributed by atoms with Gasteiger partial charge in [-0.3, -0.25) is 0 Å². The minimum Gasteiger partial charge on any atom is -0.388 e. The minimum atomic E-state index is -1.50. The number of aliphatic hydroxyl groups excluding tert-OH is 6. The Hall–Kier alpha value is -0.400. The van der Waals surface area contributed by atoms with Gasteiger partial charge in [0, 0.05) is 0 Å². The van der Waals surface area contributed by atoms with Crippen LogP contribution in [0.2, 0.25) is 0 Å². The van der Waals surface area contributed by atoms with Crippen molar-refractivity contribution in [3.8, 4) is 0 Å². The normalized spacial score (nSPS) is 53.0. The monoisotopic (exact) mass is 462 g/mol. The molecule has 2 aliphatic heterocycles. The zero-order chi connectivity index (χ0) is 23.4. The smallest absolute Gasteiger partial charge is 0.186 e. The Bertz CT molecular complexity index is 646. The summed E-state index contributed by atoms with van der Waals surface area (Å²) in [6.45, 7) is 6.13. The molecule has 0 unspecified atom stereocenters. The molecule has 2 saturated carbocycles. The predicted octanol–water partition coefficient (Wildman–Crippen LogP) is -1.27. The lowest BCUT2D eigenvalue weighted by molar-refractivity contribution is -0.330. The van der Waals surface area contributed by atoms with Crippen molar-refractivity contribution in [3.05, 3.63) is 0 Å². The number of ether oxygens (including phenoxy) is 4.